The highest BCUT2D eigenvalue weighted by Gasteiger charge is 2.32. The number of ketones is 1. The summed E-state index contributed by atoms with van der Waals surface area (Å²) in [4.78, 5) is 35.7. The molecular weight excluding hydrogens is 387 g/mol. The summed E-state index contributed by atoms with van der Waals surface area (Å²) < 4.78 is 5.99. The van der Waals surface area contributed by atoms with Crippen molar-refractivity contribution in [3.05, 3.63) is 27.3 Å². The molecule has 1 aliphatic heterocycles. The normalized spacial score (nSPS) is 17.6. The lowest BCUT2D eigenvalue weighted by Gasteiger charge is -2.14. The maximum Gasteiger partial charge on any atom is 0.414 e. The van der Waals surface area contributed by atoms with Crippen LogP contribution in [-0.2, 0) is 9.53 Å². The molecule has 2 amide bonds. The highest BCUT2D eigenvalue weighted by atomic mass is 127. The van der Waals surface area contributed by atoms with Gasteiger partial charge in [0.1, 0.15) is 6.10 Å². The molecule has 7 heteroatoms. The van der Waals surface area contributed by atoms with Crippen LogP contribution in [-0.4, -0.2) is 37.0 Å². The molecule has 0 radical (unpaired) electrons. The average Bonchev–Trinajstić information content (AvgIpc) is 2.77. The minimum Gasteiger partial charge on any atom is -0.442 e. The van der Waals surface area contributed by atoms with Crippen LogP contribution in [0.2, 0.25) is 0 Å². The van der Waals surface area contributed by atoms with Crippen molar-refractivity contribution in [3.63, 3.8) is 0 Å². The molecule has 1 saturated heterocycles. The third kappa shape index (κ3) is 3.72. The van der Waals surface area contributed by atoms with Crippen LogP contribution in [0.5, 0.6) is 0 Å². The van der Waals surface area contributed by atoms with E-state index in [1.165, 1.54) is 18.7 Å². The molecule has 1 atom stereocenters. The van der Waals surface area contributed by atoms with Crippen molar-refractivity contribution in [2.75, 3.05) is 18.0 Å². The van der Waals surface area contributed by atoms with Gasteiger partial charge < -0.3 is 10.1 Å². The first-order chi connectivity index (χ1) is 9.88. The molecule has 1 heterocycles. The van der Waals surface area contributed by atoms with Crippen LogP contribution in [0, 0.1) is 3.57 Å². The maximum absolute atomic E-state index is 11.9. The van der Waals surface area contributed by atoms with Crippen molar-refractivity contribution >= 4 is 46.1 Å². The van der Waals surface area contributed by atoms with Crippen molar-refractivity contribution in [1.29, 1.82) is 0 Å². The molecule has 6 nitrogen and oxygen atoms in total. The van der Waals surface area contributed by atoms with Crippen LogP contribution in [0.25, 0.3) is 0 Å². The van der Waals surface area contributed by atoms with Gasteiger partial charge in [-0.15, -0.1) is 0 Å². The Labute approximate surface area is 136 Å². The summed E-state index contributed by atoms with van der Waals surface area (Å²) in [7, 11) is 0. The second kappa shape index (κ2) is 6.42. The summed E-state index contributed by atoms with van der Waals surface area (Å²) in [6, 6.07) is 5.20. The molecule has 2 rings (SSSR count). The van der Waals surface area contributed by atoms with Gasteiger partial charge in [0, 0.05) is 21.7 Å². The SMILES string of the molecule is CC(=O)NCC1CN(c2ccc(C(C)=O)c(I)c2)C(=O)O1. The van der Waals surface area contributed by atoms with Crippen molar-refractivity contribution in [2.45, 2.75) is 20.0 Å². The van der Waals surface area contributed by atoms with Crippen LogP contribution in [0.1, 0.15) is 24.2 Å². The van der Waals surface area contributed by atoms with E-state index in [-0.39, 0.29) is 17.8 Å². The van der Waals surface area contributed by atoms with Crippen LogP contribution in [0.3, 0.4) is 0 Å². The summed E-state index contributed by atoms with van der Waals surface area (Å²) in [6.07, 6.45) is -0.816. The third-order valence-corrected chi connectivity index (χ3v) is 3.99. The molecule has 0 aromatic heterocycles. The van der Waals surface area contributed by atoms with Gasteiger partial charge in [0.2, 0.25) is 5.91 Å². The second-order valence-corrected chi connectivity index (χ2v) is 5.94. The fraction of sp³-hybridized carbons (Fsp3) is 0.357. The molecule has 0 bridgehead atoms. The number of hydrogen-bond donors (Lipinski definition) is 1. The molecule has 0 aliphatic carbocycles. The van der Waals surface area contributed by atoms with Gasteiger partial charge >= 0.3 is 6.09 Å². The molecule has 0 saturated carbocycles. The zero-order valence-corrected chi connectivity index (χ0v) is 13.8. The maximum atomic E-state index is 11.9. The molecule has 1 aromatic carbocycles. The number of ether oxygens (including phenoxy) is 1. The molecule has 21 heavy (non-hydrogen) atoms. The first-order valence-corrected chi connectivity index (χ1v) is 7.49. The summed E-state index contributed by atoms with van der Waals surface area (Å²) in [5.74, 6) is -0.177. The molecule has 1 N–H and O–H groups in total. The smallest absolute Gasteiger partial charge is 0.414 e. The first kappa shape index (κ1) is 15.7. The number of rotatable bonds is 4. The molecule has 1 fully saturated rings. The lowest BCUT2D eigenvalue weighted by molar-refractivity contribution is -0.119. The number of carbonyl (C=O) groups is 3. The van der Waals surface area contributed by atoms with Crippen molar-refractivity contribution in [2.24, 2.45) is 0 Å². The lowest BCUT2D eigenvalue weighted by Crippen LogP contribution is -2.33. The number of Topliss-reactive ketones (excluding diaryl/α,β-unsaturated/α-hetero) is 1. The Hall–Kier alpha value is -1.64. The molecule has 1 aliphatic rings. The van der Waals surface area contributed by atoms with E-state index >= 15 is 0 Å². The van der Waals surface area contributed by atoms with E-state index in [1.54, 1.807) is 18.2 Å². The summed E-state index contributed by atoms with van der Waals surface area (Å²) >= 11 is 2.07. The Morgan fingerprint density at radius 1 is 1.43 bits per heavy atom. The molecule has 1 unspecified atom stereocenters. The number of nitrogens with zero attached hydrogens (tertiary/aromatic N) is 1. The van der Waals surface area contributed by atoms with Gasteiger partial charge in [-0.3, -0.25) is 14.5 Å². The van der Waals surface area contributed by atoms with Gasteiger partial charge in [-0.25, -0.2) is 4.79 Å². The van der Waals surface area contributed by atoms with Crippen molar-refractivity contribution < 1.29 is 19.1 Å². The highest BCUT2D eigenvalue weighted by Crippen LogP contribution is 2.25. The number of anilines is 1. The topological polar surface area (TPSA) is 75.7 Å². The first-order valence-electron chi connectivity index (χ1n) is 6.41. The predicted molar refractivity (Wildman–Crippen MR) is 85.5 cm³/mol. The standard InChI is InChI=1S/C14H15IN2O4/c1-8(18)12-4-3-10(5-13(12)15)17-7-11(21-14(17)20)6-16-9(2)19/h3-5,11H,6-7H2,1-2H3,(H,16,19). The molecule has 112 valence electrons. The Morgan fingerprint density at radius 3 is 2.71 bits per heavy atom. The van der Waals surface area contributed by atoms with Gasteiger partial charge in [-0.1, -0.05) is 0 Å². The van der Waals surface area contributed by atoms with E-state index in [9.17, 15) is 14.4 Å². The average molecular weight is 402 g/mol. The summed E-state index contributed by atoms with van der Waals surface area (Å²) in [5, 5.41) is 2.63. The van der Waals surface area contributed by atoms with Gasteiger partial charge in [0.25, 0.3) is 0 Å². The molecule has 0 spiro atoms. The van der Waals surface area contributed by atoms with Gasteiger partial charge in [-0.2, -0.15) is 0 Å². The zero-order chi connectivity index (χ0) is 15.6. The number of carbonyl (C=O) groups excluding carboxylic acids is 3. The number of nitrogens with one attached hydrogen (secondary N) is 1. The second-order valence-electron chi connectivity index (χ2n) is 4.77. The largest absolute Gasteiger partial charge is 0.442 e. The Bertz CT molecular complexity index is 603. The van der Waals surface area contributed by atoms with E-state index in [0.29, 0.717) is 24.3 Å². The van der Waals surface area contributed by atoms with E-state index < -0.39 is 6.09 Å². The minimum absolute atomic E-state index is 0.0153. The van der Waals surface area contributed by atoms with Crippen LogP contribution < -0.4 is 10.2 Å². The number of cyclic esters (lactones) is 1. The van der Waals surface area contributed by atoms with E-state index in [1.807, 2.05) is 0 Å². The Balaban J connectivity index is 2.12. The van der Waals surface area contributed by atoms with Crippen molar-refractivity contribution in [1.82, 2.24) is 5.32 Å². The summed E-state index contributed by atoms with van der Waals surface area (Å²) in [5.41, 5.74) is 1.31. The summed E-state index contributed by atoms with van der Waals surface area (Å²) in [6.45, 7) is 3.58. The fourth-order valence-electron chi connectivity index (χ4n) is 2.05. The number of hydrogen-bond acceptors (Lipinski definition) is 4. The highest BCUT2D eigenvalue weighted by molar-refractivity contribution is 14.1. The number of amides is 2. The van der Waals surface area contributed by atoms with E-state index in [0.717, 1.165) is 3.57 Å². The van der Waals surface area contributed by atoms with E-state index in [4.69, 9.17) is 4.74 Å². The van der Waals surface area contributed by atoms with E-state index in [2.05, 4.69) is 27.9 Å². The fourth-order valence-corrected chi connectivity index (χ4v) is 2.93. The minimum atomic E-state index is -0.447. The molecule has 1 aromatic rings. The van der Waals surface area contributed by atoms with Crippen LogP contribution >= 0.6 is 22.6 Å². The van der Waals surface area contributed by atoms with Gasteiger partial charge in [0.15, 0.2) is 5.78 Å². The van der Waals surface area contributed by atoms with Crippen molar-refractivity contribution in [3.8, 4) is 0 Å². The third-order valence-electron chi connectivity index (χ3n) is 3.10. The predicted octanol–water partition coefficient (Wildman–Crippen LogP) is 1.96. The van der Waals surface area contributed by atoms with Gasteiger partial charge in [-0.05, 0) is 47.7 Å². The Kier molecular flexibility index (Phi) is 4.81. The van der Waals surface area contributed by atoms with Crippen LogP contribution in [0.4, 0.5) is 10.5 Å². The molecular formula is C14H15IN2O4. The Morgan fingerprint density at radius 2 is 2.14 bits per heavy atom. The quantitative estimate of drug-likeness (QED) is 0.617. The lowest BCUT2D eigenvalue weighted by atomic mass is 10.1. The van der Waals surface area contributed by atoms with Gasteiger partial charge in [0.05, 0.1) is 13.1 Å². The number of benzene rings is 1. The zero-order valence-electron chi connectivity index (χ0n) is 11.7. The van der Waals surface area contributed by atoms with Crippen LogP contribution in [0.15, 0.2) is 18.2 Å². The number of halogens is 1. The monoisotopic (exact) mass is 402 g/mol.